The van der Waals surface area contributed by atoms with E-state index in [2.05, 4.69) is 31.5 Å². The average Bonchev–Trinajstić information content (AvgIpc) is 2.29. The number of halogens is 1. The van der Waals surface area contributed by atoms with Gasteiger partial charge in [0.05, 0.1) is 0 Å². The highest BCUT2D eigenvalue weighted by Crippen LogP contribution is 2.17. The monoisotopic (exact) mass is 299 g/mol. The van der Waals surface area contributed by atoms with E-state index in [1.54, 1.807) is 6.20 Å². The van der Waals surface area contributed by atoms with E-state index in [1.807, 2.05) is 26.8 Å². The zero-order valence-corrected chi connectivity index (χ0v) is 12.0. The van der Waals surface area contributed by atoms with Crippen LogP contribution in [-0.2, 0) is 4.79 Å². The van der Waals surface area contributed by atoms with E-state index in [0.29, 0.717) is 12.4 Å². The number of hydrogen-bond donors (Lipinski definition) is 2. The van der Waals surface area contributed by atoms with Gasteiger partial charge in [-0.05, 0) is 41.0 Å². The fourth-order valence-electron chi connectivity index (χ4n) is 1.36. The first-order valence-electron chi connectivity index (χ1n) is 5.68. The summed E-state index contributed by atoms with van der Waals surface area (Å²) in [7, 11) is 0. The van der Waals surface area contributed by atoms with Crippen molar-refractivity contribution in [2.24, 2.45) is 5.92 Å². The molecule has 0 fully saturated rings. The molecule has 94 valence electrons. The molecule has 0 saturated carbocycles. The molecule has 0 aliphatic carbocycles. The Morgan fingerprint density at radius 2 is 2.29 bits per heavy atom. The second-order valence-corrected chi connectivity index (χ2v) is 4.93. The number of nitrogens with zero attached hydrogens (tertiary/aromatic N) is 1. The highest BCUT2D eigenvalue weighted by molar-refractivity contribution is 9.10. The lowest BCUT2D eigenvalue weighted by Gasteiger charge is -2.13. The maximum absolute atomic E-state index is 11.9. The standard InChI is InChI=1S/C12H18BrN3O/c1-4-14-6-9(3)12(17)16-11-8(2)5-10(13)7-15-11/h5,7,9,14H,4,6H2,1-3H3,(H,15,16,17). The van der Waals surface area contributed by atoms with Gasteiger partial charge in [-0.3, -0.25) is 4.79 Å². The van der Waals surface area contributed by atoms with Gasteiger partial charge in [0.1, 0.15) is 5.82 Å². The Bertz CT molecular complexity index is 395. The zero-order valence-electron chi connectivity index (χ0n) is 10.4. The van der Waals surface area contributed by atoms with Crippen LogP contribution < -0.4 is 10.6 Å². The number of amides is 1. The van der Waals surface area contributed by atoms with Gasteiger partial charge < -0.3 is 10.6 Å². The number of aromatic nitrogens is 1. The summed E-state index contributed by atoms with van der Waals surface area (Å²) in [6.45, 7) is 7.38. The van der Waals surface area contributed by atoms with Crippen LogP contribution >= 0.6 is 15.9 Å². The molecule has 0 radical (unpaired) electrons. The molecule has 1 aromatic heterocycles. The van der Waals surface area contributed by atoms with Crippen LogP contribution in [0.4, 0.5) is 5.82 Å². The molecule has 1 heterocycles. The summed E-state index contributed by atoms with van der Waals surface area (Å²) in [5, 5.41) is 5.98. The minimum Gasteiger partial charge on any atom is -0.316 e. The number of hydrogen-bond acceptors (Lipinski definition) is 3. The van der Waals surface area contributed by atoms with E-state index in [4.69, 9.17) is 0 Å². The summed E-state index contributed by atoms with van der Waals surface area (Å²) in [6.07, 6.45) is 1.68. The Balaban J connectivity index is 2.61. The van der Waals surface area contributed by atoms with Gasteiger partial charge in [-0.25, -0.2) is 4.98 Å². The lowest BCUT2D eigenvalue weighted by Crippen LogP contribution is -2.30. The number of aryl methyl sites for hydroxylation is 1. The first kappa shape index (κ1) is 14.1. The lowest BCUT2D eigenvalue weighted by molar-refractivity contribution is -0.119. The molecule has 17 heavy (non-hydrogen) atoms. The summed E-state index contributed by atoms with van der Waals surface area (Å²) in [6, 6.07) is 1.93. The SMILES string of the molecule is CCNCC(C)C(=O)Nc1ncc(Br)cc1C. The van der Waals surface area contributed by atoms with Crippen LogP contribution in [0.1, 0.15) is 19.4 Å². The van der Waals surface area contributed by atoms with Crippen LogP contribution in [0.15, 0.2) is 16.7 Å². The van der Waals surface area contributed by atoms with Crippen molar-refractivity contribution in [3.05, 3.63) is 22.3 Å². The maximum Gasteiger partial charge on any atom is 0.229 e. The van der Waals surface area contributed by atoms with Crippen molar-refractivity contribution in [3.63, 3.8) is 0 Å². The zero-order chi connectivity index (χ0) is 12.8. The summed E-state index contributed by atoms with van der Waals surface area (Å²) in [5.41, 5.74) is 0.948. The molecule has 0 spiro atoms. The summed E-state index contributed by atoms with van der Waals surface area (Å²) in [5.74, 6) is 0.546. The van der Waals surface area contributed by atoms with Gasteiger partial charge in [0.2, 0.25) is 5.91 Å². The molecule has 5 heteroatoms. The van der Waals surface area contributed by atoms with Crippen molar-refractivity contribution in [1.82, 2.24) is 10.3 Å². The fourth-order valence-corrected chi connectivity index (χ4v) is 1.81. The molecular weight excluding hydrogens is 282 g/mol. The predicted molar refractivity (Wildman–Crippen MR) is 73.0 cm³/mol. The molecule has 1 amide bonds. The third kappa shape index (κ3) is 4.44. The van der Waals surface area contributed by atoms with E-state index in [-0.39, 0.29) is 11.8 Å². The van der Waals surface area contributed by atoms with Crippen LogP contribution in [0, 0.1) is 12.8 Å². The number of carbonyl (C=O) groups excluding carboxylic acids is 1. The molecule has 1 aromatic rings. The predicted octanol–water partition coefficient (Wildman–Crippen LogP) is 2.34. The average molecular weight is 300 g/mol. The van der Waals surface area contributed by atoms with E-state index < -0.39 is 0 Å². The molecule has 1 rings (SSSR count). The Kier molecular flexibility index (Phi) is 5.58. The van der Waals surface area contributed by atoms with Crippen LogP contribution in [0.3, 0.4) is 0 Å². The normalized spacial score (nSPS) is 12.2. The van der Waals surface area contributed by atoms with E-state index in [9.17, 15) is 4.79 Å². The van der Waals surface area contributed by atoms with Crippen molar-refractivity contribution in [2.75, 3.05) is 18.4 Å². The summed E-state index contributed by atoms with van der Waals surface area (Å²) < 4.78 is 0.911. The van der Waals surface area contributed by atoms with Gasteiger partial charge in [0, 0.05) is 23.1 Å². The molecule has 0 saturated heterocycles. The molecule has 0 aliphatic rings. The Labute approximate surface area is 110 Å². The Hall–Kier alpha value is -0.940. The maximum atomic E-state index is 11.9. The summed E-state index contributed by atoms with van der Waals surface area (Å²) >= 11 is 3.34. The van der Waals surface area contributed by atoms with Gasteiger partial charge in [0.25, 0.3) is 0 Å². The fraction of sp³-hybridized carbons (Fsp3) is 0.500. The van der Waals surface area contributed by atoms with E-state index >= 15 is 0 Å². The van der Waals surface area contributed by atoms with E-state index in [1.165, 1.54) is 0 Å². The molecule has 0 aromatic carbocycles. The topological polar surface area (TPSA) is 54.0 Å². The molecule has 1 atom stereocenters. The molecule has 0 bridgehead atoms. The first-order chi connectivity index (χ1) is 8.04. The quantitative estimate of drug-likeness (QED) is 0.877. The highest BCUT2D eigenvalue weighted by Gasteiger charge is 2.13. The molecule has 1 unspecified atom stereocenters. The minimum atomic E-state index is -0.0696. The van der Waals surface area contributed by atoms with Crippen molar-refractivity contribution >= 4 is 27.7 Å². The number of rotatable bonds is 5. The second-order valence-electron chi connectivity index (χ2n) is 4.02. The van der Waals surface area contributed by atoms with Gasteiger partial charge in [-0.2, -0.15) is 0 Å². The van der Waals surface area contributed by atoms with Crippen molar-refractivity contribution in [1.29, 1.82) is 0 Å². The smallest absolute Gasteiger partial charge is 0.229 e. The summed E-state index contributed by atoms with van der Waals surface area (Å²) in [4.78, 5) is 16.0. The van der Waals surface area contributed by atoms with Gasteiger partial charge in [0.15, 0.2) is 0 Å². The van der Waals surface area contributed by atoms with Crippen LogP contribution in [0.5, 0.6) is 0 Å². The minimum absolute atomic E-state index is 0.0103. The van der Waals surface area contributed by atoms with Gasteiger partial charge in [-0.1, -0.05) is 13.8 Å². The first-order valence-corrected chi connectivity index (χ1v) is 6.47. The van der Waals surface area contributed by atoms with Crippen LogP contribution in [-0.4, -0.2) is 24.0 Å². The molecule has 4 nitrogen and oxygen atoms in total. The third-order valence-electron chi connectivity index (χ3n) is 2.43. The number of anilines is 1. The van der Waals surface area contributed by atoms with Crippen LogP contribution in [0.2, 0.25) is 0 Å². The van der Waals surface area contributed by atoms with Crippen LogP contribution in [0.25, 0.3) is 0 Å². The Morgan fingerprint density at radius 1 is 1.59 bits per heavy atom. The lowest BCUT2D eigenvalue weighted by atomic mass is 10.1. The number of carbonyl (C=O) groups is 1. The highest BCUT2D eigenvalue weighted by atomic mass is 79.9. The molecular formula is C12H18BrN3O. The van der Waals surface area contributed by atoms with Gasteiger partial charge >= 0.3 is 0 Å². The van der Waals surface area contributed by atoms with E-state index in [0.717, 1.165) is 16.6 Å². The van der Waals surface area contributed by atoms with Crippen molar-refractivity contribution < 1.29 is 4.79 Å². The van der Waals surface area contributed by atoms with Crippen molar-refractivity contribution in [3.8, 4) is 0 Å². The van der Waals surface area contributed by atoms with Crippen molar-refractivity contribution in [2.45, 2.75) is 20.8 Å². The molecule has 0 aliphatic heterocycles. The largest absolute Gasteiger partial charge is 0.316 e. The number of pyridine rings is 1. The Morgan fingerprint density at radius 3 is 2.88 bits per heavy atom. The molecule has 2 N–H and O–H groups in total. The number of nitrogens with one attached hydrogen (secondary N) is 2. The second kappa shape index (κ2) is 6.71. The third-order valence-corrected chi connectivity index (χ3v) is 2.87. The van der Waals surface area contributed by atoms with Gasteiger partial charge in [-0.15, -0.1) is 0 Å².